The first kappa shape index (κ1) is 21.9. The van der Waals surface area contributed by atoms with Crippen LogP contribution in [-0.2, 0) is 6.42 Å². The number of nitriles is 1. The van der Waals surface area contributed by atoms with Gasteiger partial charge in [0, 0.05) is 23.6 Å². The van der Waals surface area contributed by atoms with Crippen LogP contribution in [0.3, 0.4) is 0 Å². The molecule has 0 unspecified atom stereocenters. The summed E-state index contributed by atoms with van der Waals surface area (Å²) in [4.78, 5) is 25.8. The SMILES string of the molecule is Cc1cc(CCC#N)ccc1OCCOc1cc(O)c2c(c1N)C(=O)c1ccccc1C2=O. The van der Waals surface area contributed by atoms with Crippen molar-refractivity contribution in [2.75, 3.05) is 18.9 Å². The molecule has 1 aliphatic carbocycles. The Balaban J connectivity index is 1.47. The molecule has 0 spiro atoms. The topological polar surface area (TPSA) is 123 Å². The Morgan fingerprint density at radius 3 is 2.21 bits per heavy atom. The van der Waals surface area contributed by atoms with E-state index in [4.69, 9.17) is 20.5 Å². The van der Waals surface area contributed by atoms with Crippen molar-refractivity contribution < 1.29 is 24.2 Å². The summed E-state index contributed by atoms with van der Waals surface area (Å²) in [5.74, 6) is -0.432. The highest BCUT2D eigenvalue weighted by molar-refractivity contribution is 6.31. The monoisotopic (exact) mass is 442 g/mol. The van der Waals surface area contributed by atoms with Crippen LogP contribution in [0.25, 0.3) is 0 Å². The molecule has 0 saturated heterocycles. The maximum atomic E-state index is 13.0. The molecule has 0 fully saturated rings. The molecule has 0 aliphatic heterocycles. The van der Waals surface area contributed by atoms with E-state index in [2.05, 4.69) is 6.07 Å². The first-order valence-corrected chi connectivity index (χ1v) is 10.5. The normalized spacial score (nSPS) is 12.0. The Morgan fingerprint density at radius 1 is 0.939 bits per heavy atom. The third-order valence-corrected chi connectivity index (χ3v) is 5.54. The molecule has 0 aromatic heterocycles. The summed E-state index contributed by atoms with van der Waals surface area (Å²) in [6.07, 6.45) is 1.15. The minimum atomic E-state index is -0.451. The number of carbonyl (C=O) groups is 2. The van der Waals surface area contributed by atoms with E-state index >= 15 is 0 Å². The van der Waals surface area contributed by atoms with Gasteiger partial charge in [0.15, 0.2) is 11.6 Å². The van der Waals surface area contributed by atoms with Crippen molar-refractivity contribution in [1.82, 2.24) is 0 Å². The van der Waals surface area contributed by atoms with E-state index in [9.17, 15) is 14.7 Å². The van der Waals surface area contributed by atoms with E-state index in [0.29, 0.717) is 18.6 Å². The number of benzene rings is 3. The van der Waals surface area contributed by atoms with Crippen LogP contribution in [-0.4, -0.2) is 29.9 Å². The average molecular weight is 442 g/mol. The van der Waals surface area contributed by atoms with Crippen LogP contribution >= 0.6 is 0 Å². The van der Waals surface area contributed by atoms with E-state index in [0.717, 1.165) is 11.1 Å². The van der Waals surface area contributed by atoms with Crippen molar-refractivity contribution in [3.05, 3.63) is 81.9 Å². The number of ether oxygens (including phenoxy) is 2. The Bertz CT molecular complexity index is 1310. The van der Waals surface area contributed by atoms with Crippen LogP contribution in [0.1, 0.15) is 49.4 Å². The number of fused-ring (bicyclic) bond motifs is 2. The van der Waals surface area contributed by atoms with E-state index < -0.39 is 11.6 Å². The lowest BCUT2D eigenvalue weighted by Gasteiger charge is -2.21. The van der Waals surface area contributed by atoms with Crippen LogP contribution in [0.5, 0.6) is 17.2 Å². The van der Waals surface area contributed by atoms with Gasteiger partial charge in [0.25, 0.3) is 0 Å². The molecule has 33 heavy (non-hydrogen) atoms. The molecule has 0 bridgehead atoms. The number of hydrogen-bond donors (Lipinski definition) is 2. The molecule has 1 aliphatic rings. The third-order valence-electron chi connectivity index (χ3n) is 5.54. The fraction of sp³-hybridized carbons (Fsp3) is 0.192. The van der Waals surface area contributed by atoms with Gasteiger partial charge >= 0.3 is 0 Å². The van der Waals surface area contributed by atoms with Gasteiger partial charge in [-0.3, -0.25) is 9.59 Å². The summed E-state index contributed by atoms with van der Waals surface area (Å²) < 4.78 is 11.5. The third kappa shape index (κ3) is 4.11. The van der Waals surface area contributed by atoms with Gasteiger partial charge < -0.3 is 20.3 Å². The molecule has 3 N–H and O–H groups in total. The maximum Gasteiger partial charge on any atom is 0.198 e. The lowest BCUT2D eigenvalue weighted by molar-refractivity contribution is 0.0977. The van der Waals surface area contributed by atoms with Crippen LogP contribution in [0.4, 0.5) is 5.69 Å². The number of rotatable bonds is 7. The largest absolute Gasteiger partial charge is 0.507 e. The maximum absolute atomic E-state index is 13.0. The number of nitrogens with zero attached hydrogens (tertiary/aromatic N) is 1. The summed E-state index contributed by atoms with van der Waals surface area (Å²) >= 11 is 0. The van der Waals surface area contributed by atoms with Crippen molar-refractivity contribution in [3.63, 3.8) is 0 Å². The predicted octanol–water partition coefficient (Wildman–Crippen LogP) is 3.97. The number of aryl methyl sites for hydroxylation is 2. The second kappa shape index (κ2) is 9.05. The van der Waals surface area contributed by atoms with Gasteiger partial charge in [-0.05, 0) is 30.5 Å². The van der Waals surface area contributed by atoms with Crippen LogP contribution in [0, 0.1) is 18.3 Å². The van der Waals surface area contributed by atoms with Gasteiger partial charge in [0.2, 0.25) is 0 Å². The minimum Gasteiger partial charge on any atom is -0.507 e. The standard InChI is InChI=1S/C26H22N2O5/c1-15-13-16(5-4-10-27)8-9-20(15)32-11-12-33-21-14-19(29)22-23(24(21)28)26(31)18-7-3-2-6-17(18)25(22)30/h2-3,6-9,13-14,29H,4-5,11-12,28H2,1H3. The fourth-order valence-electron chi connectivity index (χ4n) is 3.93. The minimum absolute atomic E-state index is 0.00804. The van der Waals surface area contributed by atoms with E-state index in [1.165, 1.54) is 6.07 Å². The van der Waals surface area contributed by atoms with Crippen molar-refractivity contribution in [3.8, 4) is 23.3 Å². The first-order chi connectivity index (χ1) is 15.9. The van der Waals surface area contributed by atoms with E-state index in [1.807, 2.05) is 25.1 Å². The van der Waals surface area contributed by atoms with Crippen molar-refractivity contribution >= 4 is 17.3 Å². The summed E-state index contributed by atoms with van der Waals surface area (Å²) in [5, 5.41) is 19.2. The molecule has 3 aromatic rings. The molecule has 7 heteroatoms. The number of aromatic hydroxyl groups is 1. The van der Waals surface area contributed by atoms with Gasteiger partial charge in [-0.15, -0.1) is 0 Å². The van der Waals surface area contributed by atoms with Crippen LogP contribution < -0.4 is 15.2 Å². The zero-order valence-corrected chi connectivity index (χ0v) is 18.1. The van der Waals surface area contributed by atoms with Gasteiger partial charge in [-0.25, -0.2) is 0 Å². The molecule has 0 amide bonds. The van der Waals surface area contributed by atoms with Gasteiger partial charge in [0.1, 0.15) is 30.5 Å². The number of hydrogen-bond acceptors (Lipinski definition) is 7. The summed E-state index contributed by atoms with van der Waals surface area (Å²) in [7, 11) is 0. The molecule has 0 heterocycles. The zero-order chi connectivity index (χ0) is 23.5. The molecule has 0 radical (unpaired) electrons. The predicted molar refractivity (Wildman–Crippen MR) is 122 cm³/mol. The highest BCUT2D eigenvalue weighted by Crippen LogP contribution is 2.41. The number of carbonyl (C=O) groups excluding carboxylic acids is 2. The van der Waals surface area contributed by atoms with E-state index in [-0.39, 0.29) is 52.7 Å². The average Bonchev–Trinajstić information content (AvgIpc) is 2.81. The highest BCUT2D eigenvalue weighted by Gasteiger charge is 2.35. The van der Waals surface area contributed by atoms with Crippen LogP contribution in [0.15, 0.2) is 48.5 Å². The zero-order valence-electron chi connectivity index (χ0n) is 18.1. The lowest BCUT2D eigenvalue weighted by atomic mass is 9.82. The second-order valence-corrected chi connectivity index (χ2v) is 7.72. The number of phenolic OH excluding ortho intramolecular Hbond substituents is 1. The lowest BCUT2D eigenvalue weighted by Crippen LogP contribution is -2.23. The first-order valence-electron chi connectivity index (χ1n) is 10.5. The number of ketones is 2. The van der Waals surface area contributed by atoms with Gasteiger partial charge in [0.05, 0.1) is 22.9 Å². The fourth-order valence-corrected chi connectivity index (χ4v) is 3.93. The Hall–Kier alpha value is -4.31. The Kier molecular flexibility index (Phi) is 6.01. The smallest absolute Gasteiger partial charge is 0.198 e. The summed E-state index contributed by atoms with van der Waals surface area (Å²) in [6, 6.07) is 15.6. The van der Waals surface area contributed by atoms with Crippen LogP contribution in [0.2, 0.25) is 0 Å². The molecule has 0 saturated carbocycles. The van der Waals surface area contributed by atoms with Gasteiger partial charge in [-0.1, -0.05) is 36.4 Å². The second-order valence-electron chi connectivity index (χ2n) is 7.72. The van der Waals surface area contributed by atoms with Gasteiger partial charge in [-0.2, -0.15) is 5.26 Å². The quantitative estimate of drug-likeness (QED) is 0.252. The molecular weight excluding hydrogens is 420 g/mol. The Morgan fingerprint density at radius 2 is 1.58 bits per heavy atom. The van der Waals surface area contributed by atoms with Crippen molar-refractivity contribution in [2.24, 2.45) is 0 Å². The number of phenols is 1. The number of nitrogen functional groups attached to an aromatic ring is 1. The molecule has 166 valence electrons. The number of anilines is 1. The molecule has 4 rings (SSSR count). The molecule has 3 aromatic carbocycles. The molecule has 7 nitrogen and oxygen atoms in total. The van der Waals surface area contributed by atoms with E-state index in [1.54, 1.807) is 24.3 Å². The Labute approximate surface area is 191 Å². The van der Waals surface area contributed by atoms with Crippen molar-refractivity contribution in [1.29, 1.82) is 5.26 Å². The molecule has 0 atom stereocenters. The number of nitrogens with two attached hydrogens (primary N) is 1. The van der Waals surface area contributed by atoms with Crippen molar-refractivity contribution in [2.45, 2.75) is 19.8 Å². The summed E-state index contributed by atoms with van der Waals surface area (Å²) in [6.45, 7) is 2.23. The molecular formula is C26H22N2O5. The summed E-state index contributed by atoms with van der Waals surface area (Å²) in [5.41, 5.74) is 8.54. The highest BCUT2D eigenvalue weighted by atomic mass is 16.5.